The summed E-state index contributed by atoms with van der Waals surface area (Å²) >= 11 is 0. The van der Waals surface area contributed by atoms with Gasteiger partial charge in [-0.1, -0.05) is 87.3 Å². The van der Waals surface area contributed by atoms with E-state index in [1.807, 2.05) is 18.2 Å². The Kier molecular flexibility index (Phi) is 7.47. The summed E-state index contributed by atoms with van der Waals surface area (Å²) in [7, 11) is 0.595. The van der Waals surface area contributed by atoms with Gasteiger partial charge in [0.1, 0.15) is 12.4 Å². The summed E-state index contributed by atoms with van der Waals surface area (Å²) in [5.41, 5.74) is 7.50. The molecule has 0 radical (unpaired) electrons. The van der Waals surface area contributed by atoms with E-state index in [1.54, 1.807) is 0 Å². The zero-order valence-corrected chi connectivity index (χ0v) is 18.8. The van der Waals surface area contributed by atoms with Crippen molar-refractivity contribution >= 4 is 13.9 Å². The van der Waals surface area contributed by atoms with Gasteiger partial charge in [-0.25, -0.2) is 0 Å². The average molecular weight is 407 g/mol. The Morgan fingerprint density at radius 2 is 1.69 bits per heavy atom. The average Bonchev–Trinajstić information content (AvgIpc) is 2.72. The van der Waals surface area contributed by atoms with Crippen molar-refractivity contribution in [3.05, 3.63) is 94.0 Å². The van der Waals surface area contributed by atoms with Crippen molar-refractivity contribution < 1.29 is 9.84 Å². The van der Waals surface area contributed by atoms with Crippen LogP contribution in [-0.4, -0.2) is 5.11 Å². The number of hydrogen-bond acceptors (Lipinski definition) is 2. The number of ether oxygens (including phenoxy) is 1. The second kappa shape index (κ2) is 10.1. The molecule has 0 aliphatic carbocycles. The Labute approximate surface area is 176 Å². The lowest BCUT2D eigenvalue weighted by Gasteiger charge is -2.23. The minimum atomic E-state index is 0.0880. The molecule has 2 unspecified atom stereocenters. The van der Waals surface area contributed by atoms with E-state index in [-0.39, 0.29) is 6.61 Å². The lowest BCUT2D eigenvalue weighted by atomic mass is 10.0. The van der Waals surface area contributed by atoms with Gasteiger partial charge in [0, 0.05) is 11.2 Å². The molecule has 0 amide bonds. The predicted molar refractivity (Wildman–Crippen MR) is 125 cm³/mol. The summed E-state index contributed by atoms with van der Waals surface area (Å²) in [6, 6.07) is 21.2. The first-order chi connectivity index (χ1) is 14.0. The summed E-state index contributed by atoms with van der Waals surface area (Å²) in [5, 5.41) is 11.1. The summed E-state index contributed by atoms with van der Waals surface area (Å²) < 4.78 is 6.36. The molecular formula is C26H31O2P. The number of hydrogen-bond donors (Lipinski definition) is 1. The van der Waals surface area contributed by atoms with Crippen LogP contribution in [0.3, 0.4) is 0 Å². The number of aliphatic hydroxyl groups is 1. The monoisotopic (exact) mass is 406 g/mol. The number of benzene rings is 3. The fourth-order valence-electron chi connectivity index (χ4n) is 3.75. The van der Waals surface area contributed by atoms with Crippen molar-refractivity contribution in [3.63, 3.8) is 0 Å². The molecule has 0 heterocycles. The maximum atomic E-state index is 9.83. The first-order valence-electron chi connectivity index (χ1n) is 10.3. The molecule has 2 nitrogen and oxygen atoms in total. The second-order valence-corrected chi connectivity index (χ2v) is 9.22. The molecule has 152 valence electrons. The molecule has 0 aromatic heterocycles. The highest BCUT2D eigenvalue weighted by Gasteiger charge is 2.19. The smallest absolute Gasteiger partial charge is 0.126 e. The standard InChI is InChI=1S/C26H31O2P/c1-5-24(29-25-12-11-18(2)14-22(25)16-27)23-15-19(3)13-20(4)26(23)28-17-21-9-7-6-8-10-21/h6-15,24,27,29H,5,16-17H2,1-4H3. The van der Waals surface area contributed by atoms with E-state index in [9.17, 15) is 5.11 Å². The van der Waals surface area contributed by atoms with Crippen LogP contribution in [0.25, 0.3) is 0 Å². The molecule has 3 heteroatoms. The Bertz CT molecular complexity index is 950. The Hall–Kier alpha value is -2.15. The van der Waals surface area contributed by atoms with Crippen LogP contribution in [0.1, 0.15) is 52.4 Å². The minimum Gasteiger partial charge on any atom is -0.488 e. The van der Waals surface area contributed by atoms with E-state index >= 15 is 0 Å². The van der Waals surface area contributed by atoms with Crippen LogP contribution in [0.2, 0.25) is 0 Å². The third kappa shape index (κ3) is 5.47. The van der Waals surface area contributed by atoms with Gasteiger partial charge in [-0.05, 0) is 49.2 Å². The van der Waals surface area contributed by atoms with Gasteiger partial charge in [-0.3, -0.25) is 0 Å². The quantitative estimate of drug-likeness (QED) is 0.456. The largest absolute Gasteiger partial charge is 0.488 e. The van der Waals surface area contributed by atoms with Gasteiger partial charge in [0.2, 0.25) is 0 Å². The molecule has 1 N–H and O–H groups in total. The van der Waals surface area contributed by atoms with E-state index in [0.29, 0.717) is 20.8 Å². The summed E-state index contributed by atoms with van der Waals surface area (Å²) in [6.45, 7) is 9.26. The van der Waals surface area contributed by atoms with Crippen LogP contribution in [0.15, 0.2) is 60.7 Å². The normalized spacial score (nSPS) is 12.4. The van der Waals surface area contributed by atoms with E-state index in [1.165, 1.54) is 33.1 Å². The van der Waals surface area contributed by atoms with Gasteiger partial charge < -0.3 is 9.84 Å². The van der Waals surface area contributed by atoms with E-state index in [4.69, 9.17) is 4.74 Å². The summed E-state index contributed by atoms with van der Waals surface area (Å²) in [4.78, 5) is 0. The highest BCUT2D eigenvalue weighted by molar-refractivity contribution is 7.47. The fourth-order valence-corrected chi connectivity index (χ4v) is 5.22. The van der Waals surface area contributed by atoms with Crippen molar-refractivity contribution in [2.75, 3.05) is 0 Å². The highest BCUT2D eigenvalue weighted by atomic mass is 31.1. The lowest BCUT2D eigenvalue weighted by molar-refractivity contribution is 0.283. The zero-order chi connectivity index (χ0) is 20.8. The van der Waals surface area contributed by atoms with Gasteiger partial charge >= 0.3 is 0 Å². The Balaban J connectivity index is 1.92. The fraction of sp³-hybridized carbons (Fsp3) is 0.308. The molecule has 0 aliphatic rings. The van der Waals surface area contributed by atoms with E-state index in [0.717, 1.165) is 17.7 Å². The van der Waals surface area contributed by atoms with Crippen molar-refractivity contribution in [1.82, 2.24) is 0 Å². The maximum Gasteiger partial charge on any atom is 0.126 e. The van der Waals surface area contributed by atoms with Gasteiger partial charge in [0.05, 0.1) is 6.61 Å². The van der Waals surface area contributed by atoms with Crippen LogP contribution in [0.4, 0.5) is 0 Å². The van der Waals surface area contributed by atoms with Gasteiger partial charge in [0.25, 0.3) is 0 Å². The molecule has 3 aromatic rings. The highest BCUT2D eigenvalue weighted by Crippen LogP contribution is 2.43. The molecule has 2 atom stereocenters. The van der Waals surface area contributed by atoms with Crippen LogP contribution >= 0.6 is 8.58 Å². The molecule has 3 rings (SSSR count). The molecule has 0 aliphatic heterocycles. The van der Waals surface area contributed by atoms with Crippen LogP contribution in [0, 0.1) is 20.8 Å². The van der Waals surface area contributed by atoms with Gasteiger partial charge in [-0.2, -0.15) is 0 Å². The minimum absolute atomic E-state index is 0.0880. The number of rotatable bonds is 8. The third-order valence-corrected chi connectivity index (χ3v) is 7.08. The topological polar surface area (TPSA) is 29.5 Å². The van der Waals surface area contributed by atoms with E-state index in [2.05, 4.69) is 70.2 Å². The van der Waals surface area contributed by atoms with Crippen molar-refractivity contribution in [1.29, 1.82) is 0 Å². The molecule has 29 heavy (non-hydrogen) atoms. The summed E-state index contributed by atoms with van der Waals surface area (Å²) in [6.07, 6.45) is 1.03. The zero-order valence-electron chi connectivity index (χ0n) is 17.8. The second-order valence-electron chi connectivity index (χ2n) is 7.70. The number of aliphatic hydroxyl groups excluding tert-OH is 1. The number of aryl methyl sites for hydroxylation is 3. The first kappa shape index (κ1) is 21.6. The van der Waals surface area contributed by atoms with Crippen molar-refractivity contribution in [2.45, 2.75) is 53.0 Å². The van der Waals surface area contributed by atoms with Crippen LogP contribution < -0.4 is 10.0 Å². The molecule has 3 aromatic carbocycles. The molecule has 0 spiro atoms. The molecule has 0 saturated heterocycles. The molecular weight excluding hydrogens is 375 g/mol. The molecule has 0 bridgehead atoms. The maximum absolute atomic E-state index is 9.83. The SMILES string of the molecule is CCC(Pc1ccc(C)cc1CO)c1cc(C)cc(C)c1OCc1ccccc1. The molecule has 0 saturated carbocycles. The van der Waals surface area contributed by atoms with Crippen LogP contribution in [0.5, 0.6) is 5.75 Å². The van der Waals surface area contributed by atoms with Gasteiger partial charge in [-0.15, -0.1) is 0 Å². The Morgan fingerprint density at radius 3 is 2.38 bits per heavy atom. The van der Waals surface area contributed by atoms with E-state index < -0.39 is 0 Å². The van der Waals surface area contributed by atoms with Gasteiger partial charge in [0.15, 0.2) is 0 Å². The van der Waals surface area contributed by atoms with Crippen LogP contribution in [-0.2, 0) is 13.2 Å². The summed E-state index contributed by atoms with van der Waals surface area (Å²) in [5.74, 6) is 1.01. The Morgan fingerprint density at radius 1 is 0.931 bits per heavy atom. The first-order valence-corrected chi connectivity index (χ1v) is 11.3. The lowest BCUT2D eigenvalue weighted by Crippen LogP contribution is -2.09. The predicted octanol–water partition coefficient (Wildman–Crippen LogP) is 6.14. The van der Waals surface area contributed by atoms with Crippen molar-refractivity contribution in [2.24, 2.45) is 0 Å². The van der Waals surface area contributed by atoms with Crippen molar-refractivity contribution in [3.8, 4) is 5.75 Å². The molecule has 0 fully saturated rings. The third-order valence-electron chi connectivity index (χ3n) is 5.22.